The van der Waals surface area contributed by atoms with Crippen molar-refractivity contribution in [1.29, 1.82) is 0 Å². The number of hydrogen-bond acceptors (Lipinski definition) is 6. The Bertz CT molecular complexity index is 1110. The first-order chi connectivity index (χ1) is 15.1. The van der Waals surface area contributed by atoms with Crippen LogP contribution in [0.25, 0.3) is 16.8 Å². The van der Waals surface area contributed by atoms with Crippen molar-refractivity contribution in [2.75, 3.05) is 25.8 Å². The second kappa shape index (κ2) is 10.2. The number of nitrogens with one attached hydrogen (secondary N) is 1. The third-order valence-electron chi connectivity index (χ3n) is 4.79. The van der Waals surface area contributed by atoms with Crippen LogP contribution in [0.5, 0.6) is 11.5 Å². The van der Waals surface area contributed by atoms with Crippen LogP contribution in [0.3, 0.4) is 0 Å². The fraction of sp³-hybridized carbons (Fsp3) is 0.250. The number of fused-ring (bicyclic) bond motifs is 1. The van der Waals surface area contributed by atoms with Crippen molar-refractivity contribution in [3.8, 4) is 28.3 Å². The van der Waals surface area contributed by atoms with Gasteiger partial charge in [-0.05, 0) is 54.3 Å². The third-order valence-corrected chi connectivity index (χ3v) is 5.48. The van der Waals surface area contributed by atoms with Crippen molar-refractivity contribution >= 4 is 23.8 Å². The molecule has 1 unspecified atom stereocenters. The van der Waals surface area contributed by atoms with Crippen LogP contribution in [0.15, 0.2) is 64.4 Å². The van der Waals surface area contributed by atoms with Crippen molar-refractivity contribution in [3.63, 3.8) is 0 Å². The van der Waals surface area contributed by atoms with Crippen molar-refractivity contribution in [2.24, 2.45) is 4.99 Å². The monoisotopic (exact) mass is 437 g/mol. The summed E-state index contributed by atoms with van der Waals surface area (Å²) >= 11 is 1.57. The van der Waals surface area contributed by atoms with Crippen molar-refractivity contribution in [2.45, 2.75) is 19.3 Å². The number of aromatic nitrogens is 1. The van der Waals surface area contributed by atoms with E-state index in [1.54, 1.807) is 30.5 Å². The first-order valence-corrected chi connectivity index (χ1v) is 11.3. The minimum Gasteiger partial charge on any atom is -0.497 e. The molecule has 1 aliphatic rings. The van der Waals surface area contributed by atoms with E-state index in [-0.39, 0.29) is 11.1 Å². The van der Waals surface area contributed by atoms with E-state index in [9.17, 15) is 4.79 Å². The Balaban J connectivity index is 0.00000132. The summed E-state index contributed by atoms with van der Waals surface area (Å²) in [5, 5.41) is 3.36. The molecule has 1 aromatic heterocycles. The summed E-state index contributed by atoms with van der Waals surface area (Å²) < 4.78 is 12.2. The van der Waals surface area contributed by atoms with Gasteiger partial charge in [0, 0.05) is 17.3 Å². The first kappa shape index (κ1) is 22.5. The molecule has 1 N–H and O–H groups in total. The molecule has 0 bridgehead atoms. The SMILES string of the molecule is CC.COc1ccc(-c2cc3c(n(-c4ccc(OC)cc4)c2=O)NC(SC)N=C3)cc1. The molecule has 3 aromatic rings. The van der Waals surface area contributed by atoms with Crippen molar-refractivity contribution in [1.82, 2.24) is 4.57 Å². The Kier molecular flexibility index (Phi) is 7.41. The summed E-state index contributed by atoms with van der Waals surface area (Å²) in [5.41, 5.74) is 2.78. The van der Waals surface area contributed by atoms with E-state index in [0.717, 1.165) is 34.1 Å². The number of pyridine rings is 1. The highest BCUT2D eigenvalue weighted by atomic mass is 32.2. The van der Waals surface area contributed by atoms with Gasteiger partial charge < -0.3 is 14.8 Å². The van der Waals surface area contributed by atoms with E-state index >= 15 is 0 Å². The lowest BCUT2D eigenvalue weighted by molar-refractivity contribution is 0.414. The Labute approximate surface area is 186 Å². The third kappa shape index (κ3) is 4.61. The number of ether oxygens (including phenoxy) is 2. The van der Waals surface area contributed by atoms with E-state index in [2.05, 4.69) is 10.3 Å². The normalized spacial score (nSPS) is 14.0. The standard InChI is InChI=1S/C22H21N3O3S.C2H6/c1-27-17-8-4-14(5-9-17)19-12-15-13-23-22(29-3)24-20(15)25(21(19)26)16-6-10-18(28-2)11-7-16;1-2/h4-13,22,24H,1-3H3;1-2H3. The quantitative estimate of drug-likeness (QED) is 0.606. The maximum Gasteiger partial charge on any atom is 0.264 e. The molecule has 0 spiro atoms. The van der Waals surface area contributed by atoms with Gasteiger partial charge in [0.15, 0.2) is 5.50 Å². The predicted octanol–water partition coefficient (Wildman–Crippen LogP) is 5.04. The van der Waals surface area contributed by atoms with E-state index in [1.165, 1.54) is 0 Å². The van der Waals surface area contributed by atoms with E-state index in [0.29, 0.717) is 5.56 Å². The molecule has 0 fully saturated rings. The maximum absolute atomic E-state index is 13.6. The number of nitrogens with zero attached hydrogens (tertiary/aromatic N) is 2. The average molecular weight is 438 g/mol. The van der Waals surface area contributed by atoms with Gasteiger partial charge in [0.2, 0.25) is 0 Å². The fourth-order valence-corrected chi connectivity index (χ4v) is 3.67. The molecule has 6 nitrogen and oxygen atoms in total. The number of methoxy groups -OCH3 is 2. The van der Waals surface area contributed by atoms with Crippen LogP contribution in [0.1, 0.15) is 19.4 Å². The lowest BCUT2D eigenvalue weighted by Gasteiger charge is -2.25. The van der Waals surface area contributed by atoms with Crippen LogP contribution < -0.4 is 20.3 Å². The highest BCUT2D eigenvalue weighted by Crippen LogP contribution is 2.29. The Morgan fingerprint density at radius 3 is 2.10 bits per heavy atom. The molecule has 2 aromatic carbocycles. The van der Waals surface area contributed by atoms with Gasteiger partial charge >= 0.3 is 0 Å². The molecule has 0 amide bonds. The van der Waals surface area contributed by atoms with Crippen LogP contribution in [0.2, 0.25) is 0 Å². The number of thioether (sulfide) groups is 1. The number of benzene rings is 2. The zero-order chi connectivity index (χ0) is 22.4. The van der Waals surface area contributed by atoms with Gasteiger partial charge in [0.25, 0.3) is 5.56 Å². The van der Waals surface area contributed by atoms with Gasteiger partial charge in [-0.3, -0.25) is 14.4 Å². The summed E-state index contributed by atoms with van der Waals surface area (Å²) in [6, 6.07) is 16.8. The molecular formula is C24H27N3O3S. The minimum atomic E-state index is -0.141. The van der Waals surface area contributed by atoms with Gasteiger partial charge in [0.1, 0.15) is 17.3 Å². The smallest absolute Gasteiger partial charge is 0.264 e. The van der Waals surface area contributed by atoms with E-state index in [1.807, 2.05) is 80.9 Å². The molecule has 0 radical (unpaired) electrons. The molecule has 0 saturated carbocycles. The second-order valence-corrected chi connectivity index (χ2v) is 7.36. The molecule has 31 heavy (non-hydrogen) atoms. The molecule has 2 heterocycles. The molecule has 162 valence electrons. The van der Waals surface area contributed by atoms with Gasteiger partial charge in [0.05, 0.1) is 19.9 Å². The number of rotatable bonds is 5. The van der Waals surface area contributed by atoms with Crippen LogP contribution in [-0.2, 0) is 0 Å². The number of anilines is 1. The molecule has 1 atom stereocenters. The Morgan fingerprint density at radius 2 is 1.55 bits per heavy atom. The Morgan fingerprint density at radius 1 is 0.968 bits per heavy atom. The minimum absolute atomic E-state index is 0.110. The highest BCUT2D eigenvalue weighted by Gasteiger charge is 2.21. The summed E-state index contributed by atoms with van der Waals surface area (Å²) in [4.78, 5) is 18.1. The fourth-order valence-electron chi connectivity index (χ4n) is 3.26. The lowest BCUT2D eigenvalue weighted by Crippen LogP contribution is -2.29. The summed E-state index contributed by atoms with van der Waals surface area (Å²) in [6.07, 6.45) is 3.79. The van der Waals surface area contributed by atoms with Crippen LogP contribution in [0.4, 0.5) is 5.82 Å². The lowest BCUT2D eigenvalue weighted by atomic mass is 10.0. The maximum atomic E-state index is 13.6. The van der Waals surface area contributed by atoms with Crippen LogP contribution in [0, 0.1) is 0 Å². The molecule has 7 heteroatoms. The van der Waals surface area contributed by atoms with Crippen molar-refractivity contribution in [3.05, 3.63) is 70.5 Å². The van der Waals surface area contributed by atoms with Gasteiger partial charge in [-0.1, -0.05) is 26.0 Å². The summed E-state index contributed by atoms with van der Waals surface area (Å²) in [6.45, 7) is 4.00. The first-order valence-electron chi connectivity index (χ1n) is 10.1. The zero-order valence-electron chi connectivity index (χ0n) is 18.4. The zero-order valence-corrected chi connectivity index (χ0v) is 19.2. The number of hydrogen-bond donors (Lipinski definition) is 1. The predicted molar refractivity (Wildman–Crippen MR) is 130 cm³/mol. The molecule has 0 saturated heterocycles. The van der Waals surface area contributed by atoms with Gasteiger partial charge in [-0.15, -0.1) is 11.8 Å². The topological polar surface area (TPSA) is 64.8 Å². The van der Waals surface area contributed by atoms with Gasteiger partial charge in [-0.25, -0.2) is 0 Å². The van der Waals surface area contributed by atoms with E-state index < -0.39 is 0 Å². The number of aliphatic imine (C=N–C) groups is 1. The molecular weight excluding hydrogens is 410 g/mol. The van der Waals surface area contributed by atoms with E-state index in [4.69, 9.17) is 9.47 Å². The molecule has 1 aliphatic heterocycles. The van der Waals surface area contributed by atoms with Crippen molar-refractivity contribution < 1.29 is 9.47 Å². The van der Waals surface area contributed by atoms with Gasteiger partial charge in [-0.2, -0.15) is 0 Å². The highest BCUT2D eigenvalue weighted by molar-refractivity contribution is 7.99. The summed E-state index contributed by atoms with van der Waals surface area (Å²) in [5.74, 6) is 2.21. The second-order valence-electron chi connectivity index (χ2n) is 6.44. The summed E-state index contributed by atoms with van der Waals surface area (Å²) in [7, 11) is 3.24. The average Bonchev–Trinajstić information content (AvgIpc) is 2.85. The molecule has 0 aliphatic carbocycles. The van der Waals surface area contributed by atoms with Crippen LogP contribution in [-0.4, -0.2) is 36.8 Å². The molecule has 4 rings (SSSR count). The Hall–Kier alpha value is -3.19. The largest absolute Gasteiger partial charge is 0.497 e. The van der Waals surface area contributed by atoms with Crippen LogP contribution >= 0.6 is 11.8 Å².